The van der Waals surface area contributed by atoms with Gasteiger partial charge in [-0.2, -0.15) is 0 Å². The van der Waals surface area contributed by atoms with Crippen molar-refractivity contribution in [1.82, 2.24) is 0 Å². The molecule has 0 saturated carbocycles. The molecule has 0 unspecified atom stereocenters. The summed E-state index contributed by atoms with van der Waals surface area (Å²) in [6.45, 7) is 5.49. The highest BCUT2D eigenvalue weighted by Crippen LogP contribution is 2.28. The van der Waals surface area contributed by atoms with Crippen LogP contribution >= 0.6 is 0 Å². The molecule has 0 spiro atoms. The fourth-order valence-electron chi connectivity index (χ4n) is 3.01. The van der Waals surface area contributed by atoms with Crippen LogP contribution in [-0.4, -0.2) is 19.6 Å². The summed E-state index contributed by atoms with van der Waals surface area (Å²) >= 11 is 0. The number of nitrogens with two attached hydrogens (primary N) is 1. The largest absolute Gasteiger partial charge is 0.371 e. The minimum Gasteiger partial charge on any atom is -0.371 e. The smallest absolute Gasteiger partial charge is 0.0398 e. The Morgan fingerprint density at radius 3 is 2.74 bits per heavy atom. The number of rotatable bonds is 7. The van der Waals surface area contributed by atoms with E-state index in [1.165, 1.54) is 69.3 Å². The minimum absolute atomic E-state index is 0.846. The van der Waals surface area contributed by atoms with Crippen molar-refractivity contribution in [2.24, 2.45) is 5.73 Å². The van der Waals surface area contributed by atoms with Crippen LogP contribution in [0.4, 0.5) is 5.69 Å². The van der Waals surface area contributed by atoms with Gasteiger partial charge >= 0.3 is 0 Å². The molecule has 0 aliphatic carbocycles. The van der Waals surface area contributed by atoms with E-state index in [1.807, 2.05) is 0 Å². The van der Waals surface area contributed by atoms with Crippen molar-refractivity contribution in [2.75, 3.05) is 24.5 Å². The van der Waals surface area contributed by atoms with Gasteiger partial charge in [0.1, 0.15) is 0 Å². The summed E-state index contributed by atoms with van der Waals surface area (Å²) in [5.41, 5.74) is 9.94. The first-order chi connectivity index (χ1) is 9.31. The van der Waals surface area contributed by atoms with Gasteiger partial charge in [-0.1, -0.05) is 37.0 Å². The number of unbranched alkanes of at least 4 members (excludes halogenated alkanes) is 4. The van der Waals surface area contributed by atoms with Gasteiger partial charge in [-0.05, 0) is 50.8 Å². The Labute approximate surface area is 118 Å². The first-order valence-corrected chi connectivity index (χ1v) is 7.86. The summed E-state index contributed by atoms with van der Waals surface area (Å²) in [5, 5.41) is 0. The zero-order valence-corrected chi connectivity index (χ0v) is 12.3. The number of benzene rings is 1. The second-order valence-corrected chi connectivity index (χ2v) is 5.78. The maximum atomic E-state index is 5.52. The average Bonchev–Trinajstić information content (AvgIpc) is 2.42. The lowest BCUT2D eigenvalue weighted by Crippen LogP contribution is -2.30. The van der Waals surface area contributed by atoms with Crippen molar-refractivity contribution < 1.29 is 0 Å². The Kier molecular flexibility index (Phi) is 5.71. The van der Waals surface area contributed by atoms with Gasteiger partial charge in [0.15, 0.2) is 0 Å². The second-order valence-electron chi connectivity index (χ2n) is 5.78. The molecule has 0 fully saturated rings. The van der Waals surface area contributed by atoms with Gasteiger partial charge < -0.3 is 10.6 Å². The van der Waals surface area contributed by atoms with E-state index >= 15 is 0 Å². The molecule has 2 N–H and O–H groups in total. The van der Waals surface area contributed by atoms with E-state index in [0.29, 0.717) is 0 Å². The molecule has 0 aromatic heterocycles. The first-order valence-electron chi connectivity index (χ1n) is 7.86. The molecule has 106 valence electrons. The summed E-state index contributed by atoms with van der Waals surface area (Å²) in [6, 6.07) is 6.93. The highest BCUT2D eigenvalue weighted by Gasteiger charge is 2.15. The molecule has 19 heavy (non-hydrogen) atoms. The summed E-state index contributed by atoms with van der Waals surface area (Å²) in [6.07, 6.45) is 9.05. The molecule has 1 aromatic rings. The van der Waals surface area contributed by atoms with Crippen molar-refractivity contribution in [1.29, 1.82) is 0 Å². The number of hydrogen-bond donors (Lipinski definition) is 1. The van der Waals surface area contributed by atoms with E-state index in [4.69, 9.17) is 5.73 Å². The number of nitrogens with zero attached hydrogens (tertiary/aromatic N) is 1. The average molecular weight is 260 g/mol. The molecule has 1 heterocycles. The van der Waals surface area contributed by atoms with Crippen molar-refractivity contribution in [3.8, 4) is 0 Å². The fourth-order valence-corrected chi connectivity index (χ4v) is 3.01. The van der Waals surface area contributed by atoms with Crippen LogP contribution in [0, 0.1) is 6.92 Å². The van der Waals surface area contributed by atoms with E-state index < -0.39 is 0 Å². The Morgan fingerprint density at radius 1 is 1.11 bits per heavy atom. The van der Waals surface area contributed by atoms with E-state index in [0.717, 1.165) is 6.54 Å². The van der Waals surface area contributed by atoms with Crippen LogP contribution in [0.5, 0.6) is 0 Å². The minimum atomic E-state index is 0.846. The standard InChI is InChI=1S/C17H28N2/c1-15-9-10-17-16(14-15)8-7-13-19(17)12-6-4-2-3-5-11-18/h9-10,14H,2-8,11-13,18H2,1H3. The predicted molar refractivity (Wildman–Crippen MR) is 83.9 cm³/mol. The molecule has 2 nitrogen and oxygen atoms in total. The SMILES string of the molecule is Cc1ccc2c(c1)CCCN2CCCCCCCN. The van der Waals surface area contributed by atoms with Gasteiger partial charge in [-0.15, -0.1) is 0 Å². The molecule has 1 aliphatic heterocycles. The summed E-state index contributed by atoms with van der Waals surface area (Å²) < 4.78 is 0. The zero-order chi connectivity index (χ0) is 13.5. The normalized spacial score (nSPS) is 14.5. The summed E-state index contributed by atoms with van der Waals surface area (Å²) in [5.74, 6) is 0. The summed E-state index contributed by atoms with van der Waals surface area (Å²) in [4.78, 5) is 2.58. The van der Waals surface area contributed by atoms with Crippen LogP contribution in [0.2, 0.25) is 0 Å². The third-order valence-electron chi connectivity index (χ3n) is 4.08. The second kappa shape index (κ2) is 7.54. The number of anilines is 1. The maximum absolute atomic E-state index is 5.52. The lowest BCUT2D eigenvalue weighted by Gasteiger charge is -2.31. The molecule has 0 atom stereocenters. The molecule has 1 aromatic carbocycles. The van der Waals surface area contributed by atoms with Gasteiger partial charge in [0, 0.05) is 18.8 Å². The first kappa shape index (κ1) is 14.4. The number of hydrogen-bond acceptors (Lipinski definition) is 2. The van der Waals surface area contributed by atoms with Crippen LogP contribution in [0.3, 0.4) is 0 Å². The van der Waals surface area contributed by atoms with Gasteiger partial charge in [-0.3, -0.25) is 0 Å². The molecule has 2 heteroatoms. The topological polar surface area (TPSA) is 29.3 Å². The van der Waals surface area contributed by atoms with E-state index in [2.05, 4.69) is 30.0 Å². The molecule has 0 amide bonds. The monoisotopic (exact) mass is 260 g/mol. The van der Waals surface area contributed by atoms with Gasteiger partial charge in [0.2, 0.25) is 0 Å². The Bertz CT molecular complexity index is 387. The maximum Gasteiger partial charge on any atom is 0.0398 e. The van der Waals surface area contributed by atoms with Crippen molar-refractivity contribution in [3.05, 3.63) is 29.3 Å². The highest BCUT2D eigenvalue weighted by molar-refractivity contribution is 5.56. The van der Waals surface area contributed by atoms with Gasteiger partial charge in [0.25, 0.3) is 0 Å². The Morgan fingerprint density at radius 2 is 1.89 bits per heavy atom. The van der Waals surface area contributed by atoms with Crippen LogP contribution in [0.25, 0.3) is 0 Å². The third-order valence-corrected chi connectivity index (χ3v) is 4.08. The van der Waals surface area contributed by atoms with Gasteiger partial charge in [-0.25, -0.2) is 0 Å². The summed E-state index contributed by atoms with van der Waals surface area (Å²) in [7, 11) is 0. The molecule has 1 aliphatic rings. The van der Waals surface area contributed by atoms with Crippen LogP contribution in [0.15, 0.2) is 18.2 Å². The van der Waals surface area contributed by atoms with E-state index in [1.54, 1.807) is 5.56 Å². The molecular formula is C17H28N2. The number of fused-ring (bicyclic) bond motifs is 1. The van der Waals surface area contributed by atoms with Crippen molar-refractivity contribution in [2.45, 2.75) is 51.9 Å². The van der Waals surface area contributed by atoms with Crippen molar-refractivity contribution in [3.63, 3.8) is 0 Å². The van der Waals surface area contributed by atoms with Crippen LogP contribution < -0.4 is 10.6 Å². The van der Waals surface area contributed by atoms with Crippen LogP contribution in [-0.2, 0) is 6.42 Å². The third kappa shape index (κ3) is 4.24. The fraction of sp³-hybridized carbons (Fsp3) is 0.647. The predicted octanol–water partition coefficient (Wildman–Crippen LogP) is 3.66. The highest BCUT2D eigenvalue weighted by atomic mass is 15.1. The zero-order valence-electron chi connectivity index (χ0n) is 12.3. The molecule has 2 rings (SSSR count). The Balaban J connectivity index is 1.79. The van der Waals surface area contributed by atoms with Gasteiger partial charge in [0.05, 0.1) is 0 Å². The molecular weight excluding hydrogens is 232 g/mol. The lowest BCUT2D eigenvalue weighted by atomic mass is 9.99. The molecule has 0 saturated heterocycles. The number of aryl methyl sites for hydroxylation is 2. The quantitative estimate of drug-likeness (QED) is 0.758. The Hall–Kier alpha value is -1.02. The van der Waals surface area contributed by atoms with Crippen molar-refractivity contribution >= 4 is 5.69 Å². The lowest BCUT2D eigenvalue weighted by molar-refractivity contribution is 0.594. The van der Waals surface area contributed by atoms with Crippen LogP contribution in [0.1, 0.15) is 49.7 Å². The molecule has 0 radical (unpaired) electrons. The van der Waals surface area contributed by atoms with E-state index in [-0.39, 0.29) is 0 Å². The van der Waals surface area contributed by atoms with E-state index in [9.17, 15) is 0 Å². The molecule has 0 bridgehead atoms.